The van der Waals surface area contributed by atoms with Gasteiger partial charge in [-0.2, -0.15) is 0 Å². The minimum Gasteiger partial charge on any atom is -0.350 e. The maximum absolute atomic E-state index is 12.0. The molecule has 4 amide bonds. The van der Waals surface area contributed by atoms with Crippen molar-refractivity contribution < 1.29 is 14.4 Å². The van der Waals surface area contributed by atoms with Gasteiger partial charge in [0.25, 0.3) is 11.8 Å². The van der Waals surface area contributed by atoms with E-state index in [1.807, 2.05) is 0 Å². The largest absolute Gasteiger partial charge is 0.350 e. The third-order valence-electron chi connectivity index (χ3n) is 3.08. The molecule has 104 valence electrons. The molecule has 4 N–H and O–H groups in total. The van der Waals surface area contributed by atoms with Gasteiger partial charge in [-0.25, -0.2) is 4.79 Å². The molecule has 0 unspecified atom stereocenters. The summed E-state index contributed by atoms with van der Waals surface area (Å²) < 4.78 is 1.24. The molecule has 1 saturated heterocycles. The van der Waals surface area contributed by atoms with Gasteiger partial charge >= 0.3 is 6.03 Å². The molecule has 2 aliphatic rings. The Morgan fingerprint density at radius 2 is 1.75 bits per heavy atom. The average Bonchev–Trinajstić information content (AvgIpc) is 2.81. The summed E-state index contributed by atoms with van der Waals surface area (Å²) >= 11 is 6.68. The van der Waals surface area contributed by atoms with Crippen LogP contribution in [0.3, 0.4) is 0 Å². The lowest BCUT2D eigenvalue weighted by molar-refractivity contribution is -0.115. The maximum Gasteiger partial charge on any atom is 0.326 e. The molecule has 0 atom stereocenters. The summed E-state index contributed by atoms with van der Waals surface area (Å²) in [6.45, 7) is 0.382. The van der Waals surface area contributed by atoms with Crippen molar-refractivity contribution in [3.63, 3.8) is 0 Å². The molecule has 3 heterocycles. The van der Waals surface area contributed by atoms with E-state index in [2.05, 4.69) is 52.8 Å². The Morgan fingerprint density at radius 3 is 2.40 bits per heavy atom. The molecule has 9 heteroatoms. The van der Waals surface area contributed by atoms with Crippen LogP contribution in [0.2, 0.25) is 0 Å². The number of carbonyl (C=O) groups excluding carboxylic acids is 3. The lowest BCUT2D eigenvalue weighted by atomic mass is 10.0. The number of aromatic nitrogens is 1. The van der Waals surface area contributed by atoms with Crippen LogP contribution in [0.1, 0.15) is 22.5 Å². The van der Waals surface area contributed by atoms with E-state index in [-0.39, 0.29) is 11.6 Å². The van der Waals surface area contributed by atoms with Gasteiger partial charge in [-0.1, -0.05) is 0 Å². The number of imide groups is 1. The fourth-order valence-corrected chi connectivity index (χ4v) is 3.18. The van der Waals surface area contributed by atoms with Crippen molar-refractivity contribution in [2.24, 2.45) is 0 Å². The van der Waals surface area contributed by atoms with Crippen molar-refractivity contribution in [3.05, 3.63) is 26.0 Å². The van der Waals surface area contributed by atoms with Gasteiger partial charge in [0.15, 0.2) is 0 Å². The van der Waals surface area contributed by atoms with E-state index in [1.165, 1.54) is 0 Å². The Labute approximate surface area is 129 Å². The van der Waals surface area contributed by atoms with E-state index in [0.29, 0.717) is 38.9 Å². The lowest BCUT2D eigenvalue weighted by Gasteiger charge is -2.07. The zero-order valence-corrected chi connectivity index (χ0v) is 13.1. The Balaban J connectivity index is 2.26. The van der Waals surface area contributed by atoms with Crippen LogP contribution in [0.4, 0.5) is 4.79 Å². The molecule has 1 aromatic rings. The summed E-state index contributed by atoms with van der Waals surface area (Å²) in [6.07, 6.45) is 0.435. The summed E-state index contributed by atoms with van der Waals surface area (Å²) in [5.41, 5.74) is 1.72. The number of carbonyl (C=O) groups is 3. The van der Waals surface area contributed by atoms with Crippen LogP contribution in [0.5, 0.6) is 0 Å². The zero-order valence-electron chi connectivity index (χ0n) is 9.89. The van der Waals surface area contributed by atoms with Crippen LogP contribution in [0.15, 0.2) is 14.8 Å². The van der Waals surface area contributed by atoms with Crippen LogP contribution in [0, 0.1) is 0 Å². The SMILES string of the molecule is O=C1NC(=O)/C(=C2\CCNC(=O)c3[nH]c(Br)c(Br)c32)N1. The molecule has 0 bridgehead atoms. The quantitative estimate of drug-likeness (QED) is 0.387. The number of rotatable bonds is 0. The monoisotopic (exact) mass is 402 g/mol. The summed E-state index contributed by atoms with van der Waals surface area (Å²) in [4.78, 5) is 38.0. The predicted molar refractivity (Wildman–Crippen MR) is 76.7 cm³/mol. The second-order valence-corrected chi connectivity index (χ2v) is 5.86. The van der Waals surface area contributed by atoms with E-state index < -0.39 is 11.9 Å². The molecular formula is C11H8Br2N4O3. The predicted octanol–water partition coefficient (Wildman–Crippen LogP) is 1.22. The zero-order chi connectivity index (χ0) is 14.4. The van der Waals surface area contributed by atoms with Crippen molar-refractivity contribution in [2.45, 2.75) is 6.42 Å². The van der Waals surface area contributed by atoms with E-state index >= 15 is 0 Å². The third-order valence-corrected chi connectivity index (χ3v) is 5.00. The maximum atomic E-state index is 12.0. The highest BCUT2D eigenvalue weighted by Gasteiger charge is 2.32. The minimum absolute atomic E-state index is 0.181. The standard InChI is InChI=1S/C11H8Br2N4O3/c12-5-4-3(6-10(19)17-11(20)16-6)1-2-14-9(18)7(4)15-8(5)13/h15H,1-2H2,(H,14,18)(H2,16,17,19,20)/b6-3-. The molecule has 1 fully saturated rings. The second kappa shape index (κ2) is 4.74. The average molecular weight is 404 g/mol. The van der Waals surface area contributed by atoms with Crippen molar-refractivity contribution in [1.82, 2.24) is 20.9 Å². The van der Waals surface area contributed by atoms with Crippen molar-refractivity contribution in [3.8, 4) is 0 Å². The first-order valence-electron chi connectivity index (χ1n) is 5.70. The minimum atomic E-state index is -0.562. The molecule has 0 spiro atoms. The topological polar surface area (TPSA) is 103 Å². The molecule has 3 rings (SSSR count). The number of H-pyrrole nitrogens is 1. The molecule has 7 nitrogen and oxygen atoms in total. The number of nitrogens with one attached hydrogen (secondary N) is 4. The van der Waals surface area contributed by atoms with Crippen LogP contribution in [-0.2, 0) is 4.79 Å². The molecule has 0 aromatic carbocycles. The van der Waals surface area contributed by atoms with E-state index in [0.717, 1.165) is 0 Å². The van der Waals surface area contributed by atoms with Gasteiger partial charge in [-0.15, -0.1) is 0 Å². The Kier molecular flexibility index (Phi) is 3.17. The molecule has 2 aliphatic heterocycles. The van der Waals surface area contributed by atoms with Gasteiger partial charge in [0, 0.05) is 12.1 Å². The molecular weight excluding hydrogens is 396 g/mol. The van der Waals surface area contributed by atoms with Crippen molar-refractivity contribution in [1.29, 1.82) is 0 Å². The van der Waals surface area contributed by atoms with Crippen molar-refractivity contribution >= 4 is 55.3 Å². The van der Waals surface area contributed by atoms with Gasteiger partial charge in [0.1, 0.15) is 11.4 Å². The molecule has 0 radical (unpaired) electrons. The summed E-state index contributed by atoms with van der Waals surface area (Å²) in [7, 11) is 0. The fourth-order valence-electron chi connectivity index (χ4n) is 2.24. The molecule has 0 saturated carbocycles. The number of fused-ring (bicyclic) bond motifs is 1. The first-order chi connectivity index (χ1) is 9.49. The van der Waals surface area contributed by atoms with Gasteiger partial charge in [-0.3, -0.25) is 14.9 Å². The number of hydrogen-bond acceptors (Lipinski definition) is 3. The van der Waals surface area contributed by atoms with E-state index in [4.69, 9.17) is 0 Å². The molecule has 1 aromatic heterocycles. The van der Waals surface area contributed by atoms with Crippen LogP contribution < -0.4 is 16.0 Å². The summed E-state index contributed by atoms with van der Waals surface area (Å²) in [5, 5.41) is 7.38. The Bertz CT molecular complexity index is 692. The van der Waals surface area contributed by atoms with Crippen LogP contribution in [-0.4, -0.2) is 29.4 Å². The number of urea groups is 1. The smallest absolute Gasteiger partial charge is 0.326 e. The van der Waals surface area contributed by atoms with E-state index in [1.54, 1.807) is 0 Å². The Morgan fingerprint density at radius 1 is 1.00 bits per heavy atom. The second-order valence-electron chi connectivity index (χ2n) is 4.27. The number of aromatic amines is 1. The van der Waals surface area contributed by atoms with Gasteiger partial charge in [0.05, 0.1) is 9.08 Å². The fraction of sp³-hybridized carbons (Fsp3) is 0.182. The van der Waals surface area contributed by atoms with Crippen LogP contribution >= 0.6 is 31.9 Å². The number of amides is 4. The summed E-state index contributed by atoms with van der Waals surface area (Å²) in [6, 6.07) is -0.562. The van der Waals surface area contributed by atoms with Gasteiger partial charge in [-0.05, 0) is 43.9 Å². The third kappa shape index (κ3) is 1.97. The highest BCUT2D eigenvalue weighted by molar-refractivity contribution is 9.13. The summed E-state index contributed by atoms with van der Waals surface area (Å²) in [5.74, 6) is -0.749. The highest BCUT2D eigenvalue weighted by Crippen LogP contribution is 2.38. The number of halogens is 2. The first kappa shape index (κ1) is 13.4. The van der Waals surface area contributed by atoms with Crippen LogP contribution in [0.25, 0.3) is 5.57 Å². The lowest BCUT2D eigenvalue weighted by Crippen LogP contribution is -2.23. The highest BCUT2D eigenvalue weighted by atomic mass is 79.9. The van der Waals surface area contributed by atoms with E-state index in [9.17, 15) is 14.4 Å². The number of hydrogen-bond donors (Lipinski definition) is 4. The normalized spacial score (nSPS) is 22.0. The molecule has 0 aliphatic carbocycles. The van der Waals surface area contributed by atoms with Crippen molar-refractivity contribution in [2.75, 3.05) is 6.54 Å². The van der Waals surface area contributed by atoms with Gasteiger partial charge < -0.3 is 15.6 Å². The van der Waals surface area contributed by atoms with Gasteiger partial charge in [0.2, 0.25) is 0 Å². The Hall–Kier alpha value is -1.61. The molecule has 20 heavy (non-hydrogen) atoms. The first-order valence-corrected chi connectivity index (χ1v) is 7.28.